The monoisotopic (exact) mass is 551 g/mol. The van der Waals surface area contributed by atoms with Crippen molar-refractivity contribution in [3.8, 4) is 22.6 Å². The number of carbonyl (C=O) groups is 2. The van der Waals surface area contributed by atoms with E-state index >= 15 is 0 Å². The molecule has 1 unspecified atom stereocenters. The van der Waals surface area contributed by atoms with Crippen LogP contribution in [0.25, 0.3) is 11.1 Å². The first-order chi connectivity index (χ1) is 17.9. The average Bonchev–Trinajstić information content (AvgIpc) is 2.86. The predicted molar refractivity (Wildman–Crippen MR) is 135 cm³/mol. The van der Waals surface area contributed by atoms with Gasteiger partial charge in [0.2, 0.25) is 0 Å². The summed E-state index contributed by atoms with van der Waals surface area (Å²) in [6.07, 6.45) is -2.35. The zero-order chi connectivity index (χ0) is 28.0. The number of hydrogen-bond donors (Lipinski definition) is 1. The average molecular weight is 552 g/mol. The number of pyridine rings is 1. The summed E-state index contributed by atoms with van der Waals surface area (Å²) in [5.41, 5.74) is 0.376. The Morgan fingerprint density at radius 1 is 1.05 bits per heavy atom. The number of rotatable bonds is 11. The maximum Gasteiger partial charge on any atom is 0.422 e. The molecule has 0 radical (unpaired) electrons. The zero-order valence-electron chi connectivity index (χ0n) is 20.5. The van der Waals surface area contributed by atoms with E-state index < -0.39 is 30.4 Å². The van der Waals surface area contributed by atoms with Crippen molar-refractivity contribution in [1.29, 1.82) is 0 Å². The van der Waals surface area contributed by atoms with Crippen LogP contribution in [0.3, 0.4) is 0 Å². The number of ketones is 1. The highest BCUT2D eigenvalue weighted by molar-refractivity contribution is 6.31. The van der Waals surface area contributed by atoms with E-state index in [0.717, 1.165) is 0 Å². The van der Waals surface area contributed by atoms with Gasteiger partial charge < -0.3 is 19.1 Å². The van der Waals surface area contributed by atoms with E-state index in [-0.39, 0.29) is 45.4 Å². The Balaban J connectivity index is 2.00. The van der Waals surface area contributed by atoms with Gasteiger partial charge in [0.15, 0.2) is 12.4 Å². The van der Waals surface area contributed by atoms with Crippen LogP contribution in [0.1, 0.15) is 41.7 Å². The van der Waals surface area contributed by atoms with Crippen molar-refractivity contribution in [2.75, 3.05) is 13.7 Å². The maximum atomic E-state index is 13.2. The fourth-order valence-corrected chi connectivity index (χ4v) is 4.13. The van der Waals surface area contributed by atoms with Crippen molar-refractivity contribution in [2.24, 2.45) is 0 Å². The smallest absolute Gasteiger partial charge is 0.422 e. The quantitative estimate of drug-likeness (QED) is 0.315. The molecule has 2 aromatic carbocycles. The molecule has 1 atom stereocenters. The van der Waals surface area contributed by atoms with Crippen molar-refractivity contribution in [2.45, 2.75) is 38.4 Å². The lowest BCUT2D eigenvalue weighted by Gasteiger charge is -2.21. The first-order valence-electron chi connectivity index (χ1n) is 11.6. The largest absolute Gasteiger partial charge is 0.495 e. The van der Waals surface area contributed by atoms with Crippen molar-refractivity contribution in [3.05, 3.63) is 81.2 Å². The van der Waals surface area contributed by atoms with Crippen LogP contribution in [0, 0.1) is 0 Å². The van der Waals surface area contributed by atoms with E-state index in [9.17, 15) is 27.6 Å². The molecule has 0 bridgehead atoms. The van der Waals surface area contributed by atoms with Gasteiger partial charge in [0.25, 0.3) is 5.56 Å². The van der Waals surface area contributed by atoms with Gasteiger partial charge in [-0.15, -0.1) is 0 Å². The second kappa shape index (κ2) is 12.2. The van der Waals surface area contributed by atoms with Crippen molar-refractivity contribution < 1.29 is 37.3 Å². The summed E-state index contributed by atoms with van der Waals surface area (Å²) in [7, 11) is 1.33. The lowest BCUT2D eigenvalue weighted by Crippen LogP contribution is -2.30. The van der Waals surface area contributed by atoms with Crippen LogP contribution in [0.15, 0.2) is 59.5 Å². The van der Waals surface area contributed by atoms with Crippen LogP contribution >= 0.6 is 11.6 Å². The Morgan fingerprint density at radius 3 is 2.29 bits per heavy atom. The molecule has 0 amide bonds. The first-order valence-corrected chi connectivity index (χ1v) is 12.0. The van der Waals surface area contributed by atoms with Crippen LogP contribution in [0.5, 0.6) is 11.5 Å². The van der Waals surface area contributed by atoms with Gasteiger partial charge in [-0.05, 0) is 42.3 Å². The van der Waals surface area contributed by atoms with E-state index in [1.165, 1.54) is 54.3 Å². The fraction of sp³-hybridized carbons (Fsp3) is 0.296. The molecule has 11 heteroatoms. The zero-order valence-corrected chi connectivity index (χ0v) is 21.3. The SMILES string of the molecule is CCCC(C(=O)Cc1ccc(C(=O)O)cc1)n1cc(OC)c(-c2cc(Cl)ccc2OCC(F)(F)F)cc1=O. The molecule has 0 aliphatic rings. The number of ether oxygens (including phenoxy) is 2. The Hall–Kier alpha value is -3.79. The van der Waals surface area contributed by atoms with E-state index in [4.69, 9.17) is 26.2 Å². The Labute approximate surface area is 221 Å². The molecule has 7 nitrogen and oxygen atoms in total. The summed E-state index contributed by atoms with van der Waals surface area (Å²) in [5, 5.41) is 9.27. The van der Waals surface area contributed by atoms with Gasteiger partial charge in [-0.1, -0.05) is 37.1 Å². The van der Waals surface area contributed by atoms with Crippen molar-refractivity contribution in [3.63, 3.8) is 0 Å². The summed E-state index contributed by atoms with van der Waals surface area (Å²) in [6.45, 7) is 0.316. The Morgan fingerprint density at radius 2 is 1.71 bits per heavy atom. The number of carboxylic acid groups (broad SMARTS) is 1. The molecule has 3 aromatic rings. The highest BCUT2D eigenvalue weighted by atomic mass is 35.5. The van der Waals surface area contributed by atoms with Crippen LogP contribution in [0.4, 0.5) is 13.2 Å². The minimum atomic E-state index is -4.58. The summed E-state index contributed by atoms with van der Waals surface area (Å²) in [6, 6.07) is 10.2. The van der Waals surface area contributed by atoms with Gasteiger partial charge in [0, 0.05) is 28.6 Å². The Kier molecular flexibility index (Phi) is 9.22. The molecular formula is C27H25ClF3NO6. The third-order valence-corrected chi connectivity index (χ3v) is 5.97. The normalized spacial score (nSPS) is 12.2. The highest BCUT2D eigenvalue weighted by Gasteiger charge is 2.29. The molecule has 0 aliphatic heterocycles. The van der Waals surface area contributed by atoms with Gasteiger partial charge in [-0.2, -0.15) is 13.2 Å². The van der Waals surface area contributed by atoms with E-state index in [1.54, 1.807) is 12.1 Å². The third kappa shape index (κ3) is 7.16. The third-order valence-electron chi connectivity index (χ3n) is 5.74. The van der Waals surface area contributed by atoms with E-state index in [1.807, 2.05) is 6.92 Å². The number of hydrogen-bond acceptors (Lipinski definition) is 5. The molecule has 0 fully saturated rings. The number of halogens is 4. The molecule has 1 heterocycles. The molecular weight excluding hydrogens is 527 g/mol. The number of aromatic nitrogens is 1. The van der Waals surface area contributed by atoms with Crippen LogP contribution in [0.2, 0.25) is 5.02 Å². The summed E-state index contributed by atoms with van der Waals surface area (Å²) in [4.78, 5) is 37.5. The number of benzene rings is 2. The molecule has 202 valence electrons. The maximum absolute atomic E-state index is 13.2. The van der Waals surface area contributed by atoms with Crippen LogP contribution < -0.4 is 15.0 Å². The number of alkyl halides is 3. The van der Waals surface area contributed by atoms with Gasteiger partial charge in [0.05, 0.1) is 24.9 Å². The number of carboxylic acids is 1. The van der Waals surface area contributed by atoms with Crippen molar-refractivity contribution in [1.82, 2.24) is 4.57 Å². The fourth-order valence-electron chi connectivity index (χ4n) is 3.96. The Bertz CT molecular complexity index is 1370. The number of nitrogens with zero attached hydrogens (tertiary/aromatic N) is 1. The van der Waals surface area contributed by atoms with E-state index in [0.29, 0.717) is 18.4 Å². The summed E-state index contributed by atoms with van der Waals surface area (Å²) >= 11 is 6.08. The predicted octanol–water partition coefficient (Wildman–Crippen LogP) is 5.97. The molecule has 0 saturated heterocycles. The van der Waals surface area contributed by atoms with Gasteiger partial charge in [-0.3, -0.25) is 9.59 Å². The van der Waals surface area contributed by atoms with Gasteiger partial charge in [-0.25, -0.2) is 4.79 Å². The molecule has 0 saturated carbocycles. The highest BCUT2D eigenvalue weighted by Crippen LogP contribution is 2.38. The standard InChI is InChI=1S/C27H25ClF3NO6/c1-3-4-21(22(33)11-16-5-7-17(8-6-16)26(35)36)32-14-24(37-2)20(13-25(32)34)19-12-18(28)9-10-23(19)38-15-27(29,30)31/h5-10,12-14,21H,3-4,11,15H2,1-2H3,(H,35,36). The lowest BCUT2D eigenvalue weighted by molar-refractivity contribution is -0.153. The molecule has 38 heavy (non-hydrogen) atoms. The molecule has 0 aliphatic carbocycles. The lowest BCUT2D eigenvalue weighted by atomic mass is 9.98. The van der Waals surface area contributed by atoms with E-state index in [2.05, 4.69) is 0 Å². The topological polar surface area (TPSA) is 94.8 Å². The second-order valence-electron chi connectivity index (χ2n) is 8.49. The minimum Gasteiger partial charge on any atom is -0.495 e. The van der Waals surface area contributed by atoms with Gasteiger partial charge in [0.1, 0.15) is 11.5 Å². The molecule has 3 rings (SSSR count). The van der Waals surface area contributed by atoms with Gasteiger partial charge >= 0.3 is 12.1 Å². The summed E-state index contributed by atoms with van der Waals surface area (Å²) < 4.78 is 50.0. The number of carbonyl (C=O) groups excluding carboxylic acids is 1. The molecule has 1 aromatic heterocycles. The minimum absolute atomic E-state index is 0.0369. The first kappa shape index (κ1) is 28.8. The van der Waals surface area contributed by atoms with Crippen molar-refractivity contribution >= 4 is 23.4 Å². The molecule has 0 spiro atoms. The number of aromatic carboxylic acids is 1. The van der Waals surface area contributed by atoms with Crippen LogP contribution in [-0.4, -0.2) is 41.3 Å². The second-order valence-corrected chi connectivity index (χ2v) is 8.93. The number of Topliss-reactive ketones (excluding diaryl/α,β-unsaturated/α-hetero) is 1. The summed E-state index contributed by atoms with van der Waals surface area (Å²) in [5.74, 6) is -1.38. The molecule has 1 N–H and O–H groups in total. The van der Waals surface area contributed by atoms with Crippen LogP contribution in [-0.2, 0) is 11.2 Å². The number of methoxy groups -OCH3 is 1.